The summed E-state index contributed by atoms with van der Waals surface area (Å²) in [6.07, 6.45) is 2.55. The van der Waals surface area contributed by atoms with Crippen molar-refractivity contribution in [2.75, 3.05) is 26.2 Å². The standard InChI is InChI=1S/C19H24N4O2S2/c1-13(18(25)20-15-2-3-15)22-5-7-23(8-6-22)17(24)10-16-12-27-19(21-16)14-4-9-26-11-14/h4,9,11-13,15H,2-3,5-8,10H2,1H3,(H,20,25). The molecule has 4 rings (SSSR count). The molecule has 2 aromatic rings. The molecule has 1 aliphatic carbocycles. The quantitative estimate of drug-likeness (QED) is 0.802. The molecule has 1 N–H and O–H groups in total. The van der Waals surface area contributed by atoms with E-state index in [0.29, 0.717) is 25.6 Å². The van der Waals surface area contributed by atoms with Crippen LogP contribution in [0.3, 0.4) is 0 Å². The minimum atomic E-state index is -0.130. The third-order valence-electron chi connectivity index (χ3n) is 5.17. The van der Waals surface area contributed by atoms with Gasteiger partial charge in [-0.1, -0.05) is 0 Å². The number of aromatic nitrogens is 1. The molecular formula is C19H24N4O2S2. The summed E-state index contributed by atoms with van der Waals surface area (Å²) in [5, 5.41) is 10.1. The van der Waals surface area contributed by atoms with Gasteiger partial charge in [-0.3, -0.25) is 14.5 Å². The smallest absolute Gasteiger partial charge is 0.237 e. The predicted octanol–water partition coefficient (Wildman–Crippen LogP) is 2.23. The minimum absolute atomic E-state index is 0.112. The summed E-state index contributed by atoms with van der Waals surface area (Å²) in [6.45, 7) is 4.77. The van der Waals surface area contributed by atoms with Crippen molar-refractivity contribution >= 4 is 34.5 Å². The Morgan fingerprint density at radius 1 is 1.26 bits per heavy atom. The first-order valence-electron chi connectivity index (χ1n) is 9.39. The molecule has 0 radical (unpaired) electrons. The van der Waals surface area contributed by atoms with E-state index in [4.69, 9.17) is 0 Å². The maximum Gasteiger partial charge on any atom is 0.237 e. The van der Waals surface area contributed by atoms with Gasteiger partial charge in [0.1, 0.15) is 5.01 Å². The molecular weight excluding hydrogens is 380 g/mol. The lowest BCUT2D eigenvalue weighted by Gasteiger charge is -2.37. The van der Waals surface area contributed by atoms with Crippen molar-refractivity contribution < 1.29 is 9.59 Å². The highest BCUT2D eigenvalue weighted by atomic mass is 32.1. The van der Waals surface area contributed by atoms with E-state index >= 15 is 0 Å². The number of nitrogens with one attached hydrogen (secondary N) is 1. The molecule has 8 heteroatoms. The highest BCUT2D eigenvalue weighted by molar-refractivity contribution is 7.14. The molecule has 144 valence electrons. The molecule has 1 unspecified atom stereocenters. The topological polar surface area (TPSA) is 65.5 Å². The maximum atomic E-state index is 12.6. The maximum absolute atomic E-state index is 12.6. The Labute approximate surface area is 167 Å². The number of amides is 2. The van der Waals surface area contributed by atoms with E-state index in [1.807, 2.05) is 22.6 Å². The van der Waals surface area contributed by atoms with E-state index < -0.39 is 0 Å². The number of thiazole rings is 1. The monoisotopic (exact) mass is 404 g/mol. The van der Waals surface area contributed by atoms with Crippen LogP contribution in [-0.2, 0) is 16.0 Å². The van der Waals surface area contributed by atoms with Gasteiger partial charge in [-0.2, -0.15) is 11.3 Å². The second-order valence-corrected chi connectivity index (χ2v) is 8.85. The Bertz CT molecular complexity index is 793. The number of rotatable bonds is 6. The molecule has 0 spiro atoms. The summed E-state index contributed by atoms with van der Waals surface area (Å²) in [5.41, 5.74) is 1.96. The predicted molar refractivity (Wildman–Crippen MR) is 108 cm³/mol. The zero-order valence-electron chi connectivity index (χ0n) is 15.4. The van der Waals surface area contributed by atoms with E-state index in [0.717, 1.165) is 42.2 Å². The van der Waals surface area contributed by atoms with Crippen LogP contribution in [0.4, 0.5) is 0 Å². The normalized spacial score (nSPS) is 19.1. The lowest BCUT2D eigenvalue weighted by molar-refractivity contribution is -0.133. The average molecular weight is 405 g/mol. The van der Waals surface area contributed by atoms with E-state index in [1.54, 1.807) is 22.7 Å². The summed E-state index contributed by atoms with van der Waals surface area (Å²) in [7, 11) is 0. The van der Waals surface area contributed by atoms with Crippen LogP contribution in [0.2, 0.25) is 0 Å². The van der Waals surface area contributed by atoms with Gasteiger partial charge in [0.25, 0.3) is 0 Å². The van der Waals surface area contributed by atoms with Gasteiger partial charge in [0.15, 0.2) is 0 Å². The van der Waals surface area contributed by atoms with Crippen LogP contribution in [0.15, 0.2) is 22.2 Å². The van der Waals surface area contributed by atoms with Crippen molar-refractivity contribution in [3.05, 3.63) is 27.9 Å². The summed E-state index contributed by atoms with van der Waals surface area (Å²) in [4.78, 5) is 33.5. The second-order valence-electron chi connectivity index (χ2n) is 7.21. The zero-order chi connectivity index (χ0) is 18.8. The highest BCUT2D eigenvalue weighted by Gasteiger charge is 2.30. The Kier molecular flexibility index (Phi) is 5.56. The van der Waals surface area contributed by atoms with Crippen molar-refractivity contribution in [3.63, 3.8) is 0 Å². The van der Waals surface area contributed by atoms with Gasteiger partial charge in [0, 0.05) is 48.5 Å². The Morgan fingerprint density at radius 3 is 2.70 bits per heavy atom. The molecule has 27 heavy (non-hydrogen) atoms. The Hall–Kier alpha value is -1.77. The molecule has 1 atom stereocenters. The number of carbonyl (C=O) groups is 2. The van der Waals surface area contributed by atoms with Crippen molar-refractivity contribution in [2.45, 2.75) is 38.3 Å². The molecule has 1 saturated heterocycles. The van der Waals surface area contributed by atoms with Gasteiger partial charge in [0.05, 0.1) is 18.2 Å². The number of piperazine rings is 1. The molecule has 1 saturated carbocycles. The number of hydrogen-bond donors (Lipinski definition) is 1. The van der Waals surface area contributed by atoms with Crippen molar-refractivity contribution in [2.24, 2.45) is 0 Å². The lowest BCUT2D eigenvalue weighted by Crippen LogP contribution is -2.55. The molecule has 0 aromatic carbocycles. The van der Waals surface area contributed by atoms with Crippen LogP contribution in [-0.4, -0.2) is 64.9 Å². The molecule has 2 aromatic heterocycles. The minimum Gasteiger partial charge on any atom is -0.352 e. The fourth-order valence-corrected chi connectivity index (χ4v) is 4.78. The van der Waals surface area contributed by atoms with Crippen LogP contribution in [0.5, 0.6) is 0 Å². The van der Waals surface area contributed by atoms with E-state index in [1.165, 1.54) is 0 Å². The van der Waals surface area contributed by atoms with Gasteiger partial charge in [0.2, 0.25) is 11.8 Å². The van der Waals surface area contributed by atoms with Crippen LogP contribution in [0.25, 0.3) is 10.6 Å². The van der Waals surface area contributed by atoms with Gasteiger partial charge in [-0.05, 0) is 31.2 Å². The zero-order valence-corrected chi connectivity index (χ0v) is 17.0. The summed E-state index contributed by atoms with van der Waals surface area (Å²) in [6, 6.07) is 2.31. The summed E-state index contributed by atoms with van der Waals surface area (Å²) < 4.78 is 0. The fourth-order valence-electron chi connectivity index (χ4n) is 3.25. The van der Waals surface area contributed by atoms with Crippen LogP contribution in [0, 0.1) is 0 Å². The van der Waals surface area contributed by atoms with E-state index in [-0.39, 0.29) is 17.9 Å². The molecule has 6 nitrogen and oxygen atoms in total. The molecule has 1 aliphatic heterocycles. The summed E-state index contributed by atoms with van der Waals surface area (Å²) >= 11 is 3.24. The third-order valence-corrected chi connectivity index (χ3v) is 6.79. The van der Waals surface area contributed by atoms with Crippen LogP contribution in [0.1, 0.15) is 25.5 Å². The lowest BCUT2D eigenvalue weighted by atomic mass is 10.2. The van der Waals surface area contributed by atoms with Gasteiger partial charge >= 0.3 is 0 Å². The summed E-state index contributed by atoms with van der Waals surface area (Å²) in [5.74, 6) is 0.229. The van der Waals surface area contributed by atoms with Gasteiger partial charge in [-0.15, -0.1) is 11.3 Å². The number of hydrogen-bond acceptors (Lipinski definition) is 6. The average Bonchev–Trinajstić information content (AvgIpc) is 3.13. The Morgan fingerprint density at radius 2 is 2.04 bits per heavy atom. The largest absolute Gasteiger partial charge is 0.352 e. The molecule has 0 bridgehead atoms. The molecule has 2 fully saturated rings. The van der Waals surface area contributed by atoms with E-state index in [2.05, 4.69) is 26.6 Å². The third kappa shape index (κ3) is 4.56. The van der Waals surface area contributed by atoms with Crippen molar-refractivity contribution in [1.29, 1.82) is 0 Å². The van der Waals surface area contributed by atoms with Crippen LogP contribution < -0.4 is 5.32 Å². The second kappa shape index (κ2) is 8.08. The Balaban J connectivity index is 1.26. The molecule has 2 amide bonds. The number of thiophene rings is 1. The molecule has 2 aliphatic rings. The number of carbonyl (C=O) groups excluding carboxylic acids is 2. The van der Waals surface area contributed by atoms with E-state index in [9.17, 15) is 9.59 Å². The fraction of sp³-hybridized carbons (Fsp3) is 0.526. The van der Waals surface area contributed by atoms with Gasteiger partial charge in [-0.25, -0.2) is 4.98 Å². The first-order valence-corrected chi connectivity index (χ1v) is 11.2. The van der Waals surface area contributed by atoms with Gasteiger partial charge < -0.3 is 10.2 Å². The SMILES string of the molecule is CC(C(=O)NC1CC1)N1CCN(C(=O)Cc2csc(-c3ccsc3)n2)CC1. The van der Waals surface area contributed by atoms with Crippen LogP contribution >= 0.6 is 22.7 Å². The molecule has 3 heterocycles. The first-order chi connectivity index (χ1) is 13.1. The van der Waals surface area contributed by atoms with Crippen molar-refractivity contribution in [1.82, 2.24) is 20.1 Å². The first kappa shape index (κ1) is 18.6. The van der Waals surface area contributed by atoms with Crippen molar-refractivity contribution in [3.8, 4) is 10.6 Å². The highest BCUT2D eigenvalue weighted by Crippen LogP contribution is 2.26. The number of nitrogens with zero attached hydrogens (tertiary/aromatic N) is 3.